The van der Waals surface area contributed by atoms with E-state index in [9.17, 15) is 0 Å². The lowest BCUT2D eigenvalue weighted by molar-refractivity contribution is 0.821. The van der Waals surface area contributed by atoms with E-state index >= 15 is 0 Å². The summed E-state index contributed by atoms with van der Waals surface area (Å²) in [7, 11) is 0. The summed E-state index contributed by atoms with van der Waals surface area (Å²) in [4.78, 5) is 2.48. The van der Waals surface area contributed by atoms with Crippen molar-refractivity contribution < 1.29 is 0 Å². The highest BCUT2D eigenvalue weighted by atomic mass is 15.1. The molecule has 2 aliphatic rings. The number of allylic oxidation sites excluding steroid dienone is 1. The van der Waals surface area contributed by atoms with Crippen molar-refractivity contribution in [2.45, 2.75) is 40.0 Å². The second-order valence-corrected chi connectivity index (χ2v) is 24.2. The molecule has 0 amide bonds. The topological polar surface area (TPSA) is 13.1 Å². The molecule has 1 atom stereocenters. The smallest absolute Gasteiger partial charge is 0.0654 e. The zero-order valence-corrected chi connectivity index (χ0v) is 53.2. The van der Waals surface area contributed by atoms with Gasteiger partial charge in [-0.25, -0.2) is 0 Å². The Labute approximate surface area is 545 Å². The molecule has 2 aliphatic carbocycles. The predicted molar refractivity (Wildman–Crippen MR) is 397 cm³/mol. The minimum absolute atomic E-state index is 0.394. The minimum Gasteiger partial charge on any atom is -0.310 e. The van der Waals surface area contributed by atoms with Gasteiger partial charge in [-0.05, 0) is 160 Å². The fraction of sp³-hybridized carbons (Fsp3) is 0.0667. The lowest BCUT2D eigenvalue weighted by Crippen LogP contribution is -2.23. The Morgan fingerprint density at radius 1 is 0.290 bits per heavy atom. The van der Waals surface area contributed by atoms with E-state index in [1.165, 1.54) is 132 Å². The van der Waals surface area contributed by atoms with Crippen molar-refractivity contribution in [3.8, 4) is 44.8 Å². The second kappa shape index (κ2) is 24.7. The highest BCUT2D eigenvalue weighted by Gasteiger charge is 2.47. The molecule has 1 spiro atoms. The van der Waals surface area contributed by atoms with Crippen molar-refractivity contribution in [1.29, 1.82) is 0 Å². The maximum absolute atomic E-state index is 2.51. The number of benzene rings is 14. The molecule has 2 heterocycles. The first-order valence-corrected chi connectivity index (χ1v) is 32.6. The lowest BCUT2D eigenvalue weighted by atomic mass is 9.73. The van der Waals surface area contributed by atoms with Crippen LogP contribution in [0, 0.1) is 20.8 Å². The Hall–Kier alpha value is -11.5. The molecule has 0 saturated carbocycles. The molecular weight excluding hydrogens is 1120 g/mol. The summed E-state index contributed by atoms with van der Waals surface area (Å²) in [5.41, 5.74) is 26.9. The van der Waals surface area contributed by atoms with E-state index < -0.39 is 5.41 Å². The molecule has 0 radical (unpaired) electrons. The monoisotopic (exact) mass is 1190 g/mol. The number of rotatable bonds is 7. The number of aromatic nitrogens is 2. The zero-order valence-electron chi connectivity index (χ0n) is 53.2. The van der Waals surface area contributed by atoms with Gasteiger partial charge in [-0.1, -0.05) is 292 Å². The summed E-state index contributed by atoms with van der Waals surface area (Å²) in [6.45, 7) is 10.5. The summed E-state index contributed by atoms with van der Waals surface area (Å²) in [6, 6.07) is 119. The van der Waals surface area contributed by atoms with Crippen molar-refractivity contribution in [2.75, 3.05) is 4.90 Å². The van der Waals surface area contributed by atoms with Gasteiger partial charge in [-0.3, -0.25) is 0 Å². The number of anilines is 3. The van der Waals surface area contributed by atoms with Gasteiger partial charge < -0.3 is 14.0 Å². The largest absolute Gasteiger partial charge is 0.310 e. The van der Waals surface area contributed by atoms with Crippen LogP contribution in [-0.4, -0.2) is 9.13 Å². The van der Waals surface area contributed by atoms with E-state index in [2.05, 4.69) is 356 Å². The fourth-order valence-electron chi connectivity index (χ4n) is 14.4. The molecule has 93 heavy (non-hydrogen) atoms. The first-order valence-electron chi connectivity index (χ1n) is 32.6. The van der Waals surface area contributed by atoms with E-state index in [-0.39, 0.29) is 0 Å². The Morgan fingerprint density at radius 3 is 1.37 bits per heavy atom. The molecule has 1 unspecified atom stereocenters. The van der Waals surface area contributed by atoms with Crippen molar-refractivity contribution in [3.63, 3.8) is 0 Å². The van der Waals surface area contributed by atoms with Crippen LogP contribution in [0.1, 0.15) is 52.8 Å². The normalized spacial score (nSPS) is 13.2. The van der Waals surface area contributed by atoms with Crippen LogP contribution in [0.5, 0.6) is 0 Å². The Bertz CT molecular complexity index is 5440. The molecule has 0 aliphatic heterocycles. The first-order chi connectivity index (χ1) is 45.9. The molecule has 0 saturated heterocycles. The highest BCUT2D eigenvalue weighted by molar-refractivity contribution is 6.14. The number of hydrogen-bond donors (Lipinski definition) is 0. The van der Waals surface area contributed by atoms with Crippen LogP contribution >= 0.6 is 0 Å². The quantitative estimate of drug-likeness (QED) is 0.155. The van der Waals surface area contributed by atoms with Crippen molar-refractivity contribution in [1.82, 2.24) is 9.13 Å². The molecule has 446 valence electrons. The molecule has 14 aromatic carbocycles. The second-order valence-electron chi connectivity index (χ2n) is 24.2. The van der Waals surface area contributed by atoms with Gasteiger partial charge in [0.2, 0.25) is 0 Å². The van der Waals surface area contributed by atoms with E-state index in [1.54, 1.807) is 0 Å². The predicted octanol–water partition coefficient (Wildman–Crippen LogP) is 24.5. The molecule has 18 rings (SSSR count). The summed E-state index contributed by atoms with van der Waals surface area (Å²) >= 11 is 0. The fourth-order valence-corrected chi connectivity index (χ4v) is 14.4. The maximum Gasteiger partial charge on any atom is 0.0654 e. The maximum atomic E-state index is 2.51. The van der Waals surface area contributed by atoms with Crippen LogP contribution in [0.25, 0.3) is 105 Å². The van der Waals surface area contributed by atoms with Crippen molar-refractivity contribution in [2.24, 2.45) is 0 Å². The standard InChI is InChI=1S/C56H38N2.C25H19N.C7H8.C2H6/c1-37-27-29-48-50(33-37)56(32-31-39-17-8-12-25-49(39)56)51-36-54(45-23-9-10-24-47(45)55(48)51)57(41-19-6-3-7-20-41)43-28-30-46-44-22-11-13-26-52(44)58(53(46)35-43)42-21-14-18-40(34-42)38-15-4-2-5-16-38;1-18-14-15-23-22-12-5-6-13-24(22)26(25(23)16-18)21-11-7-10-20(17-21)19-8-3-2-4-9-19;1-7-5-3-2-4-6-7;1-2/h2-36H,1H3;2-17H,1H3;2-6H,1H3;1-2H3. The summed E-state index contributed by atoms with van der Waals surface area (Å²) in [5, 5.41) is 7.56. The van der Waals surface area contributed by atoms with Gasteiger partial charge in [-0.2, -0.15) is 0 Å². The average molecular weight is 1190 g/mol. The van der Waals surface area contributed by atoms with Crippen LogP contribution in [0.3, 0.4) is 0 Å². The van der Waals surface area contributed by atoms with Crippen LogP contribution in [-0.2, 0) is 5.41 Å². The van der Waals surface area contributed by atoms with Crippen molar-refractivity contribution in [3.05, 3.63) is 373 Å². The van der Waals surface area contributed by atoms with Gasteiger partial charge in [0.05, 0.1) is 33.2 Å². The number of fused-ring (bicyclic) bond motifs is 15. The summed E-state index contributed by atoms with van der Waals surface area (Å²) < 4.78 is 4.82. The first kappa shape index (κ1) is 57.9. The van der Waals surface area contributed by atoms with E-state index in [4.69, 9.17) is 0 Å². The molecule has 0 fully saturated rings. The number of para-hydroxylation sites is 3. The summed E-state index contributed by atoms with van der Waals surface area (Å²) in [5.74, 6) is 0. The Morgan fingerprint density at radius 2 is 0.763 bits per heavy atom. The zero-order chi connectivity index (χ0) is 63.0. The Balaban J connectivity index is 0.000000168. The van der Waals surface area contributed by atoms with E-state index in [0.717, 1.165) is 22.7 Å². The number of hydrogen-bond acceptors (Lipinski definition) is 1. The van der Waals surface area contributed by atoms with Crippen LogP contribution in [0.15, 0.2) is 334 Å². The lowest BCUT2D eigenvalue weighted by Gasteiger charge is -2.31. The summed E-state index contributed by atoms with van der Waals surface area (Å²) in [6.07, 6.45) is 4.79. The van der Waals surface area contributed by atoms with Gasteiger partial charge >= 0.3 is 0 Å². The Kier molecular flexibility index (Phi) is 15.4. The highest BCUT2D eigenvalue weighted by Crippen LogP contribution is 2.60. The van der Waals surface area contributed by atoms with Crippen LogP contribution in [0.2, 0.25) is 0 Å². The number of aryl methyl sites for hydroxylation is 3. The molecular formula is C90H71N3. The van der Waals surface area contributed by atoms with Crippen LogP contribution < -0.4 is 4.90 Å². The number of nitrogens with zero attached hydrogens (tertiary/aromatic N) is 3. The van der Waals surface area contributed by atoms with Crippen LogP contribution in [0.4, 0.5) is 17.1 Å². The third kappa shape index (κ3) is 10.3. The third-order valence-corrected chi connectivity index (χ3v) is 18.6. The molecule has 0 N–H and O–H groups in total. The molecule has 16 aromatic rings. The molecule has 3 heteroatoms. The van der Waals surface area contributed by atoms with Gasteiger partial charge in [0.15, 0.2) is 0 Å². The third-order valence-electron chi connectivity index (χ3n) is 18.6. The molecule has 0 bridgehead atoms. The van der Waals surface area contributed by atoms with Gasteiger partial charge in [0, 0.05) is 49.7 Å². The average Bonchev–Trinajstić information content (AvgIpc) is 1.52. The van der Waals surface area contributed by atoms with E-state index in [1.807, 2.05) is 32.0 Å². The van der Waals surface area contributed by atoms with Gasteiger partial charge in [-0.15, -0.1) is 0 Å². The molecule has 2 aromatic heterocycles. The minimum atomic E-state index is -0.394. The SMILES string of the molecule is CC.Cc1ccc2c(c1)C1(C=Cc3ccccc31)c1cc(N(c3ccccc3)c3ccc4c5ccccc5n(-c5cccc(-c6ccccc6)c5)c4c3)c3ccccc3c1-2.Cc1ccc2c3ccccc3n(-c3cccc(-c4ccccc4)c3)c2c1.Cc1ccccc1. The van der Waals surface area contributed by atoms with Gasteiger partial charge in [0.1, 0.15) is 0 Å². The van der Waals surface area contributed by atoms with Crippen molar-refractivity contribution >= 4 is 77.5 Å². The molecule has 3 nitrogen and oxygen atoms in total. The van der Waals surface area contributed by atoms with E-state index in [0.29, 0.717) is 0 Å². The van der Waals surface area contributed by atoms with Gasteiger partial charge in [0.25, 0.3) is 0 Å².